The molecule has 0 amide bonds. The smallest absolute Gasteiger partial charge is 0.224 e. The van der Waals surface area contributed by atoms with Crippen molar-refractivity contribution >= 4 is 16.4 Å². The van der Waals surface area contributed by atoms with Crippen LogP contribution in [-0.4, -0.2) is 4.40 Å². The Hall–Kier alpha value is -1.83. The summed E-state index contributed by atoms with van der Waals surface area (Å²) in [5.41, 5.74) is 5.99. The number of imidazole rings is 1. The lowest BCUT2D eigenvalue weighted by Crippen LogP contribution is -2.40. The molecule has 0 fully saturated rings. The second-order valence-corrected chi connectivity index (χ2v) is 7.54. The molecule has 0 saturated carbocycles. The molecule has 0 bridgehead atoms. The number of nitrogens with zero attached hydrogens (tertiary/aromatic N) is 2. The molecular formula is C21H27N2+. The van der Waals surface area contributed by atoms with Crippen molar-refractivity contribution in [1.82, 2.24) is 4.40 Å². The standard InChI is InChI=1S/C21H27N2/c1-14(2)17-9-7-8-16-12-13-22-18-10-5-6-11-19(18)23(15(3)4)21(22)20(16)17/h7-9,12-15H,5-6,10-11H2,1-4H3/q+1. The maximum atomic E-state index is 2.61. The summed E-state index contributed by atoms with van der Waals surface area (Å²) in [6.45, 7) is 9.26. The van der Waals surface area contributed by atoms with Crippen molar-refractivity contribution < 1.29 is 4.57 Å². The zero-order chi connectivity index (χ0) is 16.1. The van der Waals surface area contributed by atoms with Gasteiger partial charge in [0, 0.05) is 12.8 Å². The second kappa shape index (κ2) is 5.36. The first-order chi connectivity index (χ1) is 11.1. The molecule has 120 valence electrons. The fourth-order valence-corrected chi connectivity index (χ4v) is 4.34. The largest absolute Gasteiger partial charge is 0.295 e. The summed E-state index contributed by atoms with van der Waals surface area (Å²) >= 11 is 0. The Morgan fingerprint density at radius 2 is 1.78 bits per heavy atom. The topological polar surface area (TPSA) is 8.29 Å². The molecule has 2 aromatic heterocycles. The maximum Gasteiger partial charge on any atom is 0.295 e. The minimum Gasteiger partial charge on any atom is -0.224 e. The summed E-state index contributed by atoms with van der Waals surface area (Å²) in [6, 6.07) is 9.57. The summed E-state index contributed by atoms with van der Waals surface area (Å²) in [5, 5.41) is 2.82. The van der Waals surface area contributed by atoms with Gasteiger partial charge in [-0.25, -0.2) is 4.57 Å². The average Bonchev–Trinajstić information content (AvgIpc) is 2.89. The molecule has 0 unspecified atom stereocenters. The van der Waals surface area contributed by atoms with Gasteiger partial charge in [-0.15, -0.1) is 0 Å². The average molecular weight is 307 g/mol. The van der Waals surface area contributed by atoms with E-state index in [-0.39, 0.29) is 0 Å². The van der Waals surface area contributed by atoms with Gasteiger partial charge < -0.3 is 0 Å². The van der Waals surface area contributed by atoms with Crippen molar-refractivity contribution in [2.24, 2.45) is 0 Å². The fraction of sp³-hybridized carbons (Fsp3) is 0.476. The van der Waals surface area contributed by atoms with Crippen molar-refractivity contribution in [3.63, 3.8) is 0 Å². The molecule has 2 nitrogen and oxygen atoms in total. The van der Waals surface area contributed by atoms with Crippen LogP contribution in [0.3, 0.4) is 0 Å². The number of aryl methyl sites for hydroxylation is 1. The number of pyridine rings is 1. The molecule has 2 heterocycles. The summed E-state index contributed by atoms with van der Waals surface area (Å²) in [4.78, 5) is 0. The van der Waals surface area contributed by atoms with Gasteiger partial charge in [0.05, 0.1) is 17.6 Å². The first kappa shape index (κ1) is 14.7. The quantitative estimate of drug-likeness (QED) is 0.591. The Balaban J connectivity index is 2.23. The zero-order valence-electron chi connectivity index (χ0n) is 14.8. The number of hydrogen-bond donors (Lipinski definition) is 0. The van der Waals surface area contributed by atoms with Crippen LogP contribution in [0.2, 0.25) is 0 Å². The van der Waals surface area contributed by atoms with E-state index in [4.69, 9.17) is 0 Å². The van der Waals surface area contributed by atoms with Gasteiger partial charge in [0.2, 0.25) is 0 Å². The normalized spacial score (nSPS) is 15.0. The van der Waals surface area contributed by atoms with Gasteiger partial charge in [0.15, 0.2) is 5.69 Å². The minimum absolute atomic E-state index is 0.498. The van der Waals surface area contributed by atoms with Gasteiger partial charge in [0.1, 0.15) is 5.69 Å². The predicted octanol–water partition coefficient (Wildman–Crippen LogP) is 4.96. The molecule has 0 atom stereocenters. The highest BCUT2D eigenvalue weighted by atomic mass is 15.1. The molecule has 0 radical (unpaired) electrons. The molecule has 3 aromatic rings. The van der Waals surface area contributed by atoms with Gasteiger partial charge in [-0.2, -0.15) is 4.40 Å². The summed E-state index contributed by atoms with van der Waals surface area (Å²) in [7, 11) is 0. The van der Waals surface area contributed by atoms with Crippen molar-refractivity contribution in [3.05, 3.63) is 47.4 Å². The number of fused-ring (bicyclic) bond motifs is 5. The lowest BCUT2D eigenvalue weighted by Gasteiger charge is -2.12. The number of aromatic nitrogens is 2. The van der Waals surface area contributed by atoms with Crippen LogP contribution in [0.15, 0.2) is 30.5 Å². The van der Waals surface area contributed by atoms with E-state index in [0.717, 1.165) is 0 Å². The number of hydrogen-bond acceptors (Lipinski definition) is 0. The first-order valence-electron chi connectivity index (χ1n) is 9.08. The molecule has 2 heteroatoms. The van der Waals surface area contributed by atoms with Crippen LogP contribution in [0, 0.1) is 0 Å². The van der Waals surface area contributed by atoms with Crippen LogP contribution in [0.25, 0.3) is 16.4 Å². The van der Waals surface area contributed by atoms with E-state index in [0.29, 0.717) is 12.0 Å². The SMILES string of the molecule is CC(C)c1cccc2ccn3c4c([n+](C(C)C)c3c12)CCCC4. The predicted molar refractivity (Wildman–Crippen MR) is 96.2 cm³/mol. The third-order valence-corrected chi connectivity index (χ3v) is 5.34. The number of rotatable bonds is 2. The van der Waals surface area contributed by atoms with Gasteiger partial charge in [-0.05, 0) is 49.6 Å². The summed E-state index contributed by atoms with van der Waals surface area (Å²) < 4.78 is 5.10. The van der Waals surface area contributed by atoms with E-state index >= 15 is 0 Å². The fourth-order valence-electron chi connectivity index (χ4n) is 4.34. The Bertz CT molecular complexity index is 884. The molecule has 0 spiro atoms. The maximum absolute atomic E-state index is 2.61. The van der Waals surface area contributed by atoms with Crippen LogP contribution in [0.1, 0.15) is 69.4 Å². The van der Waals surface area contributed by atoms with E-state index in [9.17, 15) is 0 Å². The van der Waals surface area contributed by atoms with Crippen LogP contribution in [0.4, 0.5) is 0 Å². The monoisotopic (exact) mass is 307 g/mol. The van der Waals surface area contributed by atoms with E-state index < -0.39 is 0 Å². The Labute approximate surface area is 138 Å². The lowest BCUT2D eigenvalue weighted by molar-refractivity contribution is -0.697. The van der Waals surface area contributed by atoms with Crippen LogP contribution >= 0.6 is 0 Å². The molecule has 1 aliphatic rings. The van der Waals surface area contributed by atoms with Crippen LogP contribution in [-0.2, 0) is 12.8 Å². The highest BCUT2D eigenvalue weighted by Gasteiger charge is 2.31. The van der Waals surface area contributed by atoms with E-state index in [2.05, 4.69) is 67.1 Å². The molecular weight excluding hydrogens is 280 g/mol. The van der Waals surface area contributed by atoms with E-state index in [1.54, 1.807) is 11.4 Å². The summed E-state index contributed by atoms with van der Waals surface area (Å²) in [5.74, 6) is 0.539. The molecule has 4 rings (SSSR count). The zero-order valence-corrected chi connectivity index (χ0v) is 14.8. The van der Waals surface area contributed by atoms with Gasteiger partial charge in [-0.3, -0.25) is 0 Å². The molecule has 0 N–H and O–H groups in total. The molecule has 1 aliphatic carbocycles. The molecule has 0 saturated heterocycles. The minimum atomic E-state index is 0.498. The van der Waals surface area contributed by atoms with Crippen molar-refractivity contribution in [2.45, 2.75) is 65.3 Å². The van der Waals surface area contributed by atoms with Crippen LogP contribution < -0.4 is 4.57 Å². The Morgan fingerprint density at radius 1 is 1.00 bits per heavy atom. The van der Waals surface area contributed by atoms with Crippen LogP contribution in [0.5, 0.6) is 0 Å². The first-order valence-corrected chi connectivity index (χ1v) is 9.08. The third-order valence-electron chi connectivity index (χ3n) is 5.34. The van der Waals surface area contributed by atoms with Crippen molar-refractivity contribution in [2.75, 3.05) is 0 Å². The number of benzene rings is 1. The highest BCUT2D eigenvalue weighted by molar-refractivity contribution is 5.96. The summed E-state index contributed by atoms with van der Waals surface area (Å²) in [6.07, 6.45) is 7.38. The molecule has 1 aromatic carbocycles. The second-order valence-electron chi connectivity index (χ2n) is 7.54. The van der Waals surface area contributed by atoms with Crippen molar-refractivity contribution in [1.29, 1.82) is 0 Å². The van der Waals surface area contributed by atoms with Gasteiger partial charge in [0.25, 0.3) is 5.65 Å². The molecule has 23 heavy (non-hydrogen) atoms. The third kappa shape index (κ3) is 2.11. The van der Waals surface area contributed by atoms with Gasteiger partial charge >= 0.3 is 0 Å². The Kier molecular flexibility index (Phi) is 3.44. The highest BCUT2D eigenvalue weighted by Crippen LogP contribution is 2.31. The lowest BCUT2D eigenvalue weighted by atomic mass is 9.97. The van der Waals surface area contributed by atoms with Crippen molar-refractivity contribution in [3.8, 4) is 0 Å². The van der Waals surface area contributed by atoms with E-state index in [1.807, 2.05) is 0 Å². The molecule has 0 aliphatic heterocycles. The Morgan fingerprint density at radius 3 is 2.52 bits per heavy atom. The van der Waals surface area contributed by atoms with Gasteiger partial charge in [-0.1, -0.05) is 32.0 Å². The van der Waals surface area contributed by atoms with E-state index in [1.165, 1.54) is 47.7 Å².